The second kappa shape index (κ2) is 4.89. The van der Waals surface area contributed by atoms with Gasteiger partial charge in [-0.25, -0.2) is 0 Å². The largest absolute Gasteiger partial charge is 0.388 e. The van der Waals surface area contributed by atoms with Crippen LogP contribution in [0.3, 0.4) is 0 Å². The third-order valence-electron chi connectivity index (χ3n) is 5.23. The lowest BCUT2D eigenvalue weighted by Crippen LogP contribution is -2.61. The summed E-state index contributed by atoms with van der Waals surface area (Å²) in [6, 6.07) is 0. The summed E-state index contributed by atoms with van der Waals surface area (Å²) in [5.74, 6) is 0.723. The van der Waals surface area contributed by atoms with Crippen LogP contribution in [0.4, 0.5) is 0 Å². The van der Waals surface area contributed by atoms with E-state index in [1.807, 2.05) is 0 Å². The van der Waals surface area contributed by atoms with Crippen LogP contribution in [0.1, 0.15) is 73.1 Å². The molecule has 0 aliphatic heterocycles. The summed E-state index contributed by atoms with van der Waals surface area (Å²) in [6.45, 7) is 11.1. The quantitative estimate of drug-likeness (QED) is 0.794. The maximum absolute atomic E-state index is 10.8. The number of aliphatic hydroxyl groups is 1. The predicted octanol–water partition coefficient (Wildman–Crippen LogP) is 3.47. The zero-order valence-electron chi connectivity index (χ0n) is 12.3. The zero-order chi connectivity index (χ0) is 13.3. The first kappa shape index (κ1) is 15.0. The van der Waals surface area contributed by atoms with Gasteiger partial charge in [0.25, 0.3) is 0 Å². The Morgan fingerprint density at radius 3 is 1.82 bits per heavy atom. The van der Waals surface area contributed by atoms with Crippen molar-refractivity contribution in [2.24, 2.45) is 17.1 Å². The summed E-state index contributed by atoms with van der Waals surface area (Å²) >= 11 is 0. The highest BCUT2D eigenvalue weighted by Crippen LogP contribution is 2.46. The van der Waals surface area contributed by atoms with E-state index in [9.17, 15) is 5.11 Å². The number of hydrogen-bond donors (Lipinski definition) is 2. The van der Waals surface area contributed by atoms with Gasteiger partial charge in [0.1, 0.15) is 0 Å². The lowest BCUT2D eigenvalue weighted by atomic mass is 9.62. The molecule has 1 saturated carbocycles. The molecule has 0 saturated heterocycles. The molecule has 1 aliphatic rings. The molecule has 1 fully saturated rings. The Balaban J connectivity index is 2.73. The highest BCUT2D eigenvalue weighted by atomic mass is 16.3. The molecule has 1 rings (SSSR count). The Labute approximate surface area is 107 Å². The monoisotopic (exact) mass is 241 g/mol. The van der Waals surface area contributed by atoms with Crippen LogP contribution in [0.15, 0.2) is 0 Å². The maximum atomic E-state index is 10.8. The van der Waals surface area contributed by atoms with Crippen molar-refractivity contribution in [1.29, 1.82) is 0 Å². The van der Waals surface area contributed by atoms with E-state index in [1.54, 1.807) is 0 Å². The molecule has 0 atom stereocenters. The van der Waals surface area contributed by atoms with E-state index in [4.69, 9.17) is 5.73 Å². The van der Waals surface area contributed by atoms with Crippen LogP contribution in [0.25, 0.3) is 0 Å². The van der Waals surface area contributed by atoms with Crippen LogP contribution in [0, 0.1) is 11.3 Å². The Morgan fingerprint density at radius 1 is 1.12 bits per heavy atom. The molecule has 0 radical (unpaired) electrons. The molecule has 17 heavy (non-hydrogen) atoms. The van der Waals surface area contributed by atoms with E-state index in [2.05, 4.69) is 34.6 Å². The Morgan fingerprint density at radius 2 is 1.53 bits per heavy atom. The van der Waals surface area contributed by atoms with Crippen molar-refractivity contribution >= 4 is 0 Å². The SMILES string of the molecule is CCC(N)(CC)C1(O)CCC(C(C)(C)C)CC1. The summed E-state index contributed by atoms with van der Waals surface area (Å²) < 4.78 is 0. The van der Waals surface area contributed by atoms with Crippen LogP contribution in [-0.4, -0.2) is 16.2 Å². The van der Waals surface area contributed by atoms with Gasteiger partial charge in [0.15, 0.2) is 0 Å². The molecule has 2 nitrogen and oxygen atoms in total. The van der Waals surface area contributed by atoms with Crippen LogP contribution < -0.4 is 5.73 Å². The molecule has 0 unspecified atom stereocenters. The van der Waals surface area contributed by atoms with Gasteiger partial charge < -0.3 is 10.8 Å². The minimum atomic E-state index is -0.641. The Hall–Kier alpha value is -0.0800. The fraction of sp³-hybridized carbons (Fsp3) is 1.00. The van der Waals surface area contributed by atoms with Gasteiger partial charge in [0.05, 0.1) is 5.60 Å². The summed E-state index contributed by atoms with van der Waals surface area (Å²) in [7, 11) is 0. The van der Waals surface area contributed by atoms with E-state index in [-0.39, 0.29) is 0 Å². The highest BCUT2D eigenvalue weighted by Gasteiger charge is 2.48. The van der Waals surface area contributed by atoms with E-state index in [1.165, 1.54) is 0 Å². The third kappa shape index (κ3) is 2.85. The van der Waals surface area contributed by atoms with Crippen LogP contribution >= 0.6 is 0 Å². The Bertz CT molecular complexity index is 242. The lowest BCUT2D eigenvalue weighted by molar-refractivity contribution is -0.0858. The molecule has 0 aromatic heterocycles. The van der Waals surface area contributed by atoms with Crippen molar-refractivity contribution < 1.29 is 5.11 Å². The van der Waals surface area contributed by atoms with Gasteiger partial charge in [0, 0.05) is 5.54 Å². The van der Waals surface area contributed by atoms with Crippen molar-refractivity contribution in [3.05, 3.63) is 0 Å². The van der Waals surface area contributed by atoms with E-state index in [0.717, 1.165) is 44.4 Å². The lowest BCUT2D eigenvalue weighted by Gasteiger charge is -2.50. The molecule has 0 aromatic carbocycles. The molecule has 2 heteroatoms. The van der Waals surface area contributed by atoms with Gasteiger partial charge in [0.2, 0.25) is 0 Å². The molecule has 0 bridgehead atoms. The predicted molar refractivity (Wildman–Crippen MR) is 73.9 cm³/mol. The second-order valence-electron chi connectivity index (χ2n) is 7.04. The fourth-order valence-electron chi connectivity index (χ4n) is 3.37. The Kier molecular flexibility index (Phi) is 4.31. The van der Waals surface area contributed by atoms with Gasteiger partial charge in [-0.1, -0.05) is 34.6 Å². The molecule has 0 aromatic rings. The summed E-state index contributed by atoms with van der Waals surface area (Å²) in [5, 5.41) is 10.8. The van der Waals surface area contributed by atoms with E-state index in [0.29, 0.717) is 5.41 Å². The average Bonchev–Trinajstić information content (AvgIpc) is 2.27. The van der Waals surface area contributed by atoms with Crippen LogP contribution in [-0.2, 0) is 0 Å². The first-order valence-corrected chi connectivity index (χ1v) is 7.20. The minimum absolute atomic E-state index is 0.358. The molecule has 3 N–H and O–H groups in total. The highest BCUT2D eigenvalue weighted by molar-refractivity contribution is 5.04. The number of rotatable bonds is 3. The fourth-order valence-corrected chi connectivity index (χ4v) is 3.37. The van der Waals surface area contributed by atoms with Crippen LogP contribution in [0.2, 0.25) is 0 Å². The second-order valence-corrected chi connectivity index (χ2v) is 7.04. The topological polar surface area (TPSA) is 46.2 Å². The zero-order valence-corrected chi connectivity index (χ0v) is 12.3. The van der Waals surface area contributed by atoms with Gasteiger partial charge in [-0.3, -0.25) is 0 Å². The first-order valence-electron chi connectivity index (χ1n) is 7.20. The molecule has 0 amide bonds. The summed E-state index contributed by atoms with van der Waals surface area (Å²) in [6.07, 6.45) is 5.68. The molecular formula is C15H31NO. The van der Waals surface area contributed by atoms with Crippen molar-refractivity contribution in [2.45, 2.75) is 84.3 Å². The van der Waals surface area contributed by atoms with E-state index < -0.39 is 11.1 Å². The van der Waals surface area contributed by atoms with Crippen molar-refractivity contribution in [3.8, 4) is 0 Å². The minimum Gasteiger partial charge on any atom is -0.388 e. The van der Waals surface area contributed by atoms with Crippen LogP contribution in [0.5, 0.6) is 0 Å². The van der Waals surface area contributed by atoms with Gasteiger partial charge in [-0.05, 0) is 49.9 Å². The molecule has 102 valence electrons. The van der Waals surface area contributed by atoms with Gasteiger partial charge in [-0.15, -0.1) is 0 Å². The van der Waals surface area contributed by atoms with Gasteiger partial charge >= 0.3 is 0 Å². The summed E-state index contributed by atoms with van der Waals surface area (Å²) in [5.41, 5.74) is 5.73. The third-order valence-corrected chi connectivity index (χ3v) is 5.23. The number of nitrogens with two attached hydrogens (primary N) is 1. The number of hydrogen-bond acceptors (Lipinski definition) is 2. The maximum Gasteiger partial charge on any atom is 0.0826 e. The first-order chi connectivity index (χ1) is 7.68. The molecule has 1 aliphatic carbocycles. The average molecular weight is 241 g/mol. The molecule has 0 spiro atoms. The molecular weight excluding hydrogens is 210 g/mol. The van der Waals surface area contributed by atoms with Gasteiger partial charge in [-0.2, -0.15) is 0 Å². The normalized spacial score (nSPS) is 31.6. The molecule has 0 heterocycles. The van der Waals surface area contributed by atoms with E-state index >= 15 is 0 Å². The summed E-state index contributed by atoms with van der Waals surface area (Å²) in [4.78, 5) is 0. The van der Waals surface area contributed by atoms with Crippen molar-refractivity contribution in [2.75, 3.05) is 0 Å². The standard InChI is InChI=1S/C15H31NO/c1-6-14(16,7-2)15(17)10-8-12(9-11-15)13(3,4)5/h12,17H,6-11,16H2,1-5H3. The van der Waals surface area contributed by atoms with Crippen molar-refractivity contribution in [3.63, 3.8) is 0 Å². The van der Waals surface area contributed by atoms with Crippen molar-refractivity contribution in [1.82, 2.24) is 0 Å². The smallest absolute Gasteiger partial charge is 0.0826 e.